The summed E-state index contributed by atoms with van der Waals surface area (Å²) in [5, 5.41) is 12.2. The number of nitrogens with one attached hydrogen (secondary N) is 1. The van der Waals surface area contributed by atoms with Gasteiger partial charge in [0.05, 0.1) is 17.8 Å². The third kappa shape index (κ3) is 3.97. The SMILES string of the molecule is CN(C)[C@]1(c2ccccc2)CC[C@@]2(CC1)CN(c1ccccc1OCC(=O)O)C(=O)N2. The van der Waals surface area contributed by atoms with Crippen molar-refractivity contribution in [3.8, 4) is 5.75 Å². The van der Waals surface area contributed by atoms with E-state index in [-0.39, 0.29) is 17.1 Å². The van der Waals surface area contributed by atoms with Crippen molar-refractivity contribution in [3.05, 3.63) is 60.2 Å². The highest BCUT2D eigenvalue weighted by molar-refractivity contribution is 5.96. The average molecular weight is 424 g/mol. The highest BCUT2D eigenvalue weighted by atomic mass is 16.5. The van der Waals surface area contributed by atoms with Gasteiger partial charge in [-0.25, -0.2) is 9.59 Å². The number of hydrogen-bond donors (Lipinski definition) is 2. The van der Waals surface area contributed by atoms with Gasteiger partial charge in [-0.3, -0.25) is 9.80 Å². The number of carbonyl (C=O) groups excluding carboxylic acids is 1. The van der Waals surface area contributed by atoms with E-state index in [1.165, 1.54) is 5.56 Å². The maximum atomic E-state index is 12.9. The van der Waals surface area contributed by atoms with Crippen LogP contribution in [0.1, 0.15) is 31.2 Å². The lowest BCUT2D eigenvalue weighted by Crippen LogP contribution is -2.54. The number of hydrogen-bond acceptors (Lipinski definition) is 4. The van der Waals surface area contributed by atoms with E-state index in [1.54, 1.807) is 23.1 Å². The molecule has 1 spiro atoms. The molecule has 1 aliphatic carbocycles. The lowest BCUT2D eigenvalue weighted by molar-refractivity contribution is -0.139. The molecule has 1 saturated heterocycles. The number of carboxylic acids is 1. The fraction of sp³-hybridized carbons (Fsp3) is 0.417. The van der Waals surface area contributed by atoms with Gasteiger partial charge in [0, 0.05) is 5.54 Å². The minimum absolute atomic E-state index is 0.0484. The maximum Gasteiger partial charge on any atom is 0.341 e. The first-order chi connectivity index (χ1) is 14.9. The number of aliphatic carboxylic acids is 1. The standard InChI is InChI=1S/C24H29N3O4/c1-26(2)24(18-8-4-3-5-9-18)14-12-23(13-15-24)17-27(22(30)25-23)19-10-6-7-11-20(19)31-16-21(28)29/h3-11H,12-17H2,1-2H3,(H,25,30)(H,28,29)/t23-,24-. The van der Waals surface area contributed by atoms with Gasteiger partial charge in [-0.05, 0) is 57.5 Å². The average Bonchev–Trinajstić information content (AvgIpc) is 3.09. The highest BCUT2D eigenvalue weighted by Gasteiger charge is 2.50. The predicted molar refractivity (Wildman–Crippen MR) is 118 cm³/mol. The topological polar surface area (TPSA) is 82.1 Å². The van der Waals surface area contributed by atoms with E-state index in [0.717, 1.165) is 25.7 Å². The summed E-state index contributed by atoms with van der Waals surface area (Å²) < 4.78 is 5.43. The van der Waals surface area contributed by atoms with Crippen LogP contribution in [0.15, 0.2) is 54.6 Å². The Labute approximate surface area is 182 Å². The molecule has 0 radical (unpaired) electrons. The second-order valence-corrected chi connectivity index (χ2v) is 8.74. The predicted octanol–water partition coefficient (Wildman–Crippen LogP) is 3.45. The number of carboxylic acid groups (broad SMARTS) is 1. The van der Waals surface area contributed by atoms with Crippen molar-refractivity contribution in [2.24, 2.45) is 0 Å². The Bertz CT molecular complexity index is 952. The number of benzene rings is 2. The van der Waals surface area contributed by atoms with Gasteiger partial charge < -0.3 is 15.2 Å². The molecule has 7 heteroatoms. The van der Waals surface area contributed by atoms with Crippen LogP contribution in [0, 0.1) is 0 Å². The van der Waals surface area contributed by atoms with Gasteiger partial charge in [0.2, 0.25) is 0 Å². The molecule has 0 atom stereocenters. The van der Waals surface area contributed by atoms with Crippen molar-refractivity contribution in [2.45, 2.75) is 36.8 Å². The Hall–Kier alpha value is -3.06. The zero-order valence-electron chi connectivity index (χ0n) is 18.0. The van der Waals surface area contributed by atoms with E-state index < -0.39 is 12.6 Å². The minimum Gasteiger partial charge on any atom is -0.480 e. The van der Waals surface area contributed by atoms with Crippen molar-refractivity contribution in [2.75, 3.05) is 32.1 Å². The molecule has 0 unspecified atom stereocenters. The third-order valence-electron chi connectivity index (χ3n) is 6.79. The Morgan fingerprint density at radius 2 is 1.71 bits per heavy atom. The van der Waals surface area contributed by atoms with Gasteiger partial charge in [0.1, 0.15) is 5.75 Å². The molecule has 2 aromatic carbocycles. The normalized spacial score (nSPS) is 25.6. The van der Waals surface area contributed by atoms with Crippen LogP contribution in [0.4, 0.5) is 10.5 Å². The van der Waals surface area contributed by atoms with Crippen LogP contribution >= 0.6 is 0 Å². The number of urea groups is 1. The summed E-state index contributed by atoms with van der Waals surface area (Å²) in [5.41, 5.74) is 1.56. The summed E-state index contributed by atoms with van der Waals surface area (Å²) in [6.45, 7) is 0.0949. The van der Waals surface area contributed by atoms with E-state index in [0.29, 0.717) is 18.0 Å². The van der Waals surface area contributed by atoms with Crippen LogP contribution in [0.5, 0.6) is 5.75 Å². The molecule has 2 aromatic rings. The molecule has 2 N–H and O–H groups in total. The van der Waals surface area contributed by atoms with Gasteiger partial charge in [-0.1, -0.05) is 42.5 Å². The molecular weight excluding hydrogens is 394 g/mol. The third-order valence-corrected chi connectivity index (χ3v) is 6.79. The van der Waals surface area contributed by atoms with Gasteiger partial charge in [-0.2, -0.15) is 0 Å². The lowest BCUT2D eigenvalue weighted by atomic mass is 9.69. The van der Waals surface area contributed by atoms with Crippen molar-refractivity contribution >= 4 is 17.7 Å². The smallest absolute Gasteiger partial charge is 0.341 e. The molecule has 2 fully saturated rings. The molecule has 0 bridgehead atoms. The maximum absolute atomic E-state index is 12.9. The second kappa shape index (κ2) is 8.23. The zero-order valence-corrected chi connectivity index (χ0v) is 18.0. The summed E-state index contributed by atoms with van der Waals surface area (Å²) >= 11 is 0. The first kappa shape index (κ1) is 21.2. The Balaban J connectivity index is 1.54. The number of para-hydroxylation sites is 2. The zero-order chi connectivity index (χ0) is 22.1. The minimum atomic E-state index is -1.05. The van der Waals surface area contributed by atoms with Gasteiger partial charge in [0.25, 0.3) is 0 Å². The molecule has 2 aliphatic rings. The van der Waals surface area contributed by atoms with Crippen LogP contribution < -0.4 is 15.0 Å². The molecule has 0 aromatic heterocycles. The molecule has 1 aliphatic heterocycles. The van der Waals surface area contributed by atoms with Crippen molar-refractivity contribution in [3.63, 3.8) is 0 Å². The Morgan fingerprint density at radius 1 is 1.06 bits per heavy atom. The fourth-order valence-corrected chi connectivity index (χ4v) is 5.01. The Morgan fingerprint density at radius 3 is 2.35 bits per heavy atom. The van der Waals surface area contributed by atoms with Crippen LogP contribution in [0.3, 0.4) is 0 Å². The van der Waals surface area contributed by atoms with Crippen molar-refractivity contribution in [1.29, 1.82) is 0 Å². The Kier molecular flexibility index (Phi) is 5.62. The van der Waals surface area contributed by atoms with Crippen LogP contribution in [-0.4, -0.2) is 54.8 Å². The molecule has 164 valence electrons. The van der Waals surface area contributed by atoms with Gasteiger partial charge in [0.15, 0.2) is 6.61 Å². The summed E-state index contributed by atoms with van der Waals surface area (Å²) in [5.74, 6) is -0.648. The van der Waals surface area contributed by atoms with E-state index >= 15 is 0 Å². The van der Waals surface area contributed by atoms with E-state index in [4.69, 9.17) is 9.84 Å². The highest BCUT2D eigenvalue weighted by Crippen LogP contribution is 2.46. The van der Waals surface area contributed by atoms with Crippen LogP contribution in [0.2, 0.25) is 0 Å². The van der Waals surface area contributed by atoms with Crippen molar-refractivity contribution < 1.29 is 19.4 Å². The monoisotopic (exact) mass is 423 g/mol. The first-order valence-corrected chi connectivity index (χ1v) is 10.6. The molecule has 4 rings (SSSR count). The number of ether oxygens (including phenoxy) is 1. The molecular formula is C24H29N3O4. The molecule has 7 nitrogen and oxygen atoms in total. The largest absolute Gasteiger partial charge is 0.480 e. The molecule has 31 heavy (non-hydrogen) atoms. The first-order valence-electron chi connectivity index (χ1n) is 10.6. The number of rotatable bonds is 6. The van der Waals surface area contributed by atoms with Crippen LogP contribution in [0.25, 0.3) is 0 Å². The van der Waals surface area contributed by atoms with E-state index in [2.05, 4.69) is 48.6 Å². The fourth-order valence-electron chi connectivity index (χ4n) is 5.01. The lowest BCUT2D eigenvalue weighted by Gasteiger charge is -2.48. The summed E-state index contributed by atoms with van der Waals surface area (Å²) in [6, 6.07) is 17.5. The van der Waals surface area contributed by atoms with Gasteiger partial charge >= 0.3 is 12.0 Å². The number of anilines is 1. The number of carbonyl (C=O) groups is 2. The van der Waals surface area contributed by atoms with Crippen molar-refractivity contribution in [1.82, 2.24) is 10.2 Å². The van der Waals surface area contributed by atoms with E-state index in [1.807, 2.05) is 12.1 Å². The summed E-state index contributed by atoms with van der Waals surface area (Å²) in [7, 11) is 4.25. The van der Waals surface area contributed by atoms with E-state index in [9.17, 15) is 9.59 Å². The molecule has 1 heterocycles. The summed E-state index contributed by atoms with van der Waals surface area (Å²) in [6.07, 6.45) is 3.60. The van der Waals surface area contributed by atoms with Crippen LogP contribution in [-0.2, 0) is 10.3 Å². The quantitative estimate of drug-likeness (QED) is 0.744. The second-order valence-electron chi connectivity index (χ2n) is 8.74. The molecule has 2 amide bonds. The number of nitrogens with zero attached hydrogens (tertiary/aromatic N) is 2. The number of amides is 2. The summed E-state index contributed by atoms with van der Waals surface area (Å²) in [4.78, 5) is 27.8. The van der Waals surface area contributed by atoms with Gasteiger partial charge in [-0.15, -0.1) is 0 Å². The molecule has 1 saturated carbocycles.